The summed E-state index contributed by atoms with van der Waals surface area (Å²) in [7, 11) is 0. The number of carbonyl (C=O) groups excluding carboxylic acids is 2. The molecular formula is C22H14F3NO4. The zero-order valence-corrected chi connectivity index (χ0v) is 15.3. The highest BCUT2D eigenvalue weighted by atomic mass is 19.2. The van der Waals surface area contributed by atoms with Crippen molar-refractivity contribution in [2.45, 2.75) is 13.0 Å². The maximum atomic E-state index is 13.4. The molecule has 0 bridgehead atoms. The van der Waals surface area contributed by atoms with Gasteiger partial charge in [-0.3, -0.25) is 14.5 Å². The first-order valence-corrected chi connectivity index (χ1v) is 8.88. The monoisotopic (exact) mass is 413 g/mol. The fourth-order valence-corrected chi connectivity index (χ4v) is 3.46. The Morgan fingerprint density at radius 3 is 2.17 bits per heavy atom. The van der Waals surface area contributed by atoms with Gasteiger partial charge in [0.2, 0.25) is 0 Å². The lowest BCUT2D eigenvalue weighted by molar-refractivity contribution is 0.0641. The van der Waals surface area contributed by atoms with Gasteiger partial charge in [-0.2, -0.15) is 0 Å². The molecule has 8 heteroatoms. The number of nitrogens with zero attached hydrogens (tertiary/aromatic N) is 1. The summed E-state index contributed by atoms with van der Waals surface area (Å²) in [6.45, 7) is -0.105. The molecule has 3 aromatic rings. The molecule has 0 unspecified atom stereocenters. The molecule has 1 aliphatic rings. The van der Waals surface area contributed by atoms with E-state index in [1.165, 1.54) is 6.07 Å². The van der Waals surface area contributed by atoms with Gasteiger partial charge in [0.15, 0.2) is 29.0 Å². The van der Waals surface area contributed by atoms with Crippen LogP contribution in [0.1, 0.15) is 37.4 Å². The lowest BCUT2D eigenvalue weighted by Crippen LogP contribution is -2.29. The van der Waals surface area contributed by atoms with Gasteiger partial charge in [0.25, 0.3) is 11.8 Å². The van der Waals surface area contributed by atoms with Crippen molar-refractivity contribution in [2.75, 3.05) is 0 Å². The first-order chi connectivity index (χ1) is 14.3. The molecule has 2 amide bonds. The number of carbonyl (C=O) groups is 2. The molecule has 1 aliphatic heterocycles. The molecule has 5 nitrogen and oxygen atoms in total. The minimum atomic E-state index is -1.53. The highest BCUT2D eigenvalue weighted by Crippen LogP contribution is 2.37. The topological polar surface area (TPSA) is 77.8 Å². The van der Waals surface area contributed by atoms with E-state index in [9.17, 15) is 33.0 Å². The van der Waals surface area contributed by atoms with Crippen molar-refractivity contribution < 1.29 is 33.0 Å². The number of rotatable bonds is 4. The molecule has 3 aromatic carbocycles. The van der Waals surface area contributed by atoms with Gasteiger partial charge in [0.1, 0.15) is 0 Å². The third-order valence-electron chi connectivity index (χ3n) is 4.88. The number of halogens is 3. The molecule has 0 aliphatic carbocycles. The number of hydrogen-bond acceptors (Lipinski definition) is 4. The number of phenolic OH excluding ortho intramolecular Hbond substituents is 2. The first-order valence-electron chi connectivity index (χ1n) is 8.88. The second-order valence-corrected chi connectivity index (χ2v) is 6.92. The Morgan fingerprint density at radius 2 is 1.47 bits per heavy atom. The number of phenols is 2. The van der Waals surface area contributed by atoms with E-state index in [-0.39, 0.29) is 29.7 Å². The average molecular weight is 413 g/mol. The second kappa shape index (κ2) is 7.22. The van der Waals surface area contributed by atoms with Crippen LogP contribution < -0.4 is 0 Å². The molecule has 1 heterocycles. The highest BCUT2D eigenvalue weighted by molar-refractivity contribution is 6.22. The molecule has 0 aromatic heterocycles. The van der Waals surface area contributed by atoms with E-state index in [1.54, 1.807) is 24.3 Å². The van der Waals surface area contributed by atoms with Crippen LogP contribution in [-0.2, 0) is 13.0 Å². The predicted octanol–water partition coefficient (Wildman–Crippen LogP) is 3.90. The lowest BCUT2D eigenvalue weighted by Gasteiger charge is -2.15. The molecule has 0 saturated carbocycles. The van der Waals surface area contributed by atoms with Crippen molar-refractivity contribution in [1.29, 1.82) is 0 Å². The molecule has 0 spiro atoms. The minimum absolute atomic E-state index is 0.0104. The normalized spacial score (nSPS) is 13.1. The maximum absolute atomic E-state index is 13.4. The largest absolute Gasteiger partial charge is 0.504 e. The molecule has 0 atom stereocenters. The van der Waals surface area contributed by atoms with Crippen molar-refractivity contribution in [3.63, 3.8) is 0 Å². The van der Waals surface area contributed by atoms with E-state index in [0.717, 1.165) is 23.1 Å². The van der Waals surface area contributed by atoms with Crippen LogP contribution in [-0.4, -0.2) is 26.9 Å². The predicted molar refractivity (Wildman–Crippen MR) is 99.5 cm³/mol. The van der Waals surface area contributed by atoms with E-state index in [2.05, 4.69) is 0 Å². The summed E-state index contributed by atoms with van der Waals surface area (Å²) >= 11 is 0. The van der Waals surface area contributed by atoms with Crippen LogP contribution in [0, 0.1) is 17.5 Å². The maximum Gasteiger partial charge on any atom is 0.265 e. The van der Waals surface area contributed by atoms with E-state index in [1.807, 2.05) is 0 Å². The minimum Gasteiger partial charge on any atom is -0.504 e. The van der Waals surface area contributed by atoms with Gasteiger partial charge >= 0.3 is 0 Å². The number of hydrogen-bond donors (Lipinski definition) is 2. The van der Waals surface area contributed by atoms with Gasteiger partial charge < -0.3 is 10.2 Å². The molecule has 0 saturated heterocycles. The molecule has 152 valence electrons. The summed E-state index contributed by atoms with van der Waals surface area (Å²) in [6.07, 6.45) is 0.110. The Kier molecular flexibility index (Phi) is 4.69. The smallest absolute Gasteiger partial charge is 0.265 e. The third-order valence-corrected chi connectivity index (χ3v) is 4.88. The van der Waals surface area contributed by atoms with E-state index < -0.39 is 40.8 Å². The number of benzene rings is 3. The zero-order chi connectivity index (χ0) is 21.6. The fraction of sp³-hybridized carbons (Fsp3) is 0.0909. The van der Waals surface area contributed by atoms with Crippen LogP contribution in [0.15, 0.2) is 48.5 Å². The summed E-state index contributed by atoms with van der Waals surface area (Å²) in [4.78, 5) is 26.1. The van der Waals surface area contributed by atoms with Gasteiger partial charge in [-0.25, -0.2) is 13.2 Å². The van der Waals surface area contributed by atoms with Crippen LogP contribution in [0.3, 0.4) is 0 Å². The average Bonchev–Trinajstić information content (AvgIpc) is 2.94. The van der Waals surface area contributed by atoms with Crippen molar-refractivity contribution in [3.8, 4) is 11.5 Å². The summed E-state index contributed by atoms with van der Waals surface area (Å²) in [5.41, 5.74) is 1.16. The number of imide groups is 1. The summed E-state index contributed by atoms with van der Waals surface area (Å²) in [5.74, 6) is -6.60. The summed E-state index contributed by atoms with van der Waals surface area (Å²) < 4.78 is 40.0. The molecule has 0 radical (unpaired) electrons. The van der Waals surface area contributed by atoms with Crippen LogP contribution in [0.4, 0.5) is 13.2 Å². The summed E-state index contributed by atoms with van der Waals surface area (Å²) in [5, 5.41) is 19.5. The van der Waals surface area contributed by atoms with Gasteiger partial charge in [0, 0.05) is 0 Å². The van der Waals surface area contributed by atoms with Crippen LogP contribution in [0.5, 0.6) is 11.5 Å². The number of fused-ring (bicyclic) bond motifs is 1. The van der Waals surface area contributed by atoms with Crippen molar-refractivity contribution in [2.24, 2.45) is 0 Å². The molecular weight excluding hydrogens is 399 g/mol. The van der Waals surface area contributed by atoms with Gasteiger partial charge in [-0.05, 0) is 47.4 Å². The molecule has 2 N–H and O–H groups in total. The SMILES string of the molecule is O=C1c2ccc(O)c(O)c2C(=O)N1Cc1cccc(Cc2cc(F)c(F)c(F)c2)c1. The fourth-order valence-electron chi connectivity index (χ4n) is 3.46. The van der Waals surface area contributed by atoms with E-state index >= 15 is 0 Å². The Balaban J connectivity index is 1.58. The molecule has 4 rings (SSSR count). The Hall–Kier alpha value is -3.81. The number of amides is 2. The van der Waals surface area contributed by atoms with Crippen molar-refractivity contribution in [3.05, 3.63) is 93.8 Å². The quantitative estimate of drug-likeness (QED) is 0.386. The third kappa shape index (κ3) is 3.26. The highest BCUT2D eigenvalue weighted by Gasteiger charge is 2.38. The lowest BCUT2D eigenvalue weighted by atomic mass is 10.0. The van der Waals surface area contributed by atoms with Gasteiger partial charge in [-0.1, -0.05) is 24.3 Å². The van der Waals surface area contributed by atoms with E-state index in [0.29, 0.717) is 11.1 Å². The van der Waals surface area contributed by atoms with Crippen molar-refractivity contribution in [1.82, 2.24) is 4.90 Å². The van der Waals surface area contributed by atoms with Gasteiger partial charge in [0.05, 0.1) is 17.7 Å². The Morgan fingerprint density at radius 1 is 0.800 bits per heavy atom. The zero-order valence-electron chi connectivity index (χ0n) is 15.3. The molecule has 30 heavy (non-hydrogen) atoms. The van der Waals surface area contributed by atoms with Gasteiger partial charge in [-0.15, -0.1) is 0 Å². The van der Waals surface area contributed by atoms with Crippen molar-refractivity contribution >= 4 is 11.8 Å². The first kappa shape index (κ1) is 19.5. The Labute approximate surface area is 168 Å². The van der Waals surface area contributed by atoms with Crippen LogP contribution >= 0.6 is 0 Å². The van der Waals surface area contributed by atoms with E-state index in [4.69, 9.17) is 0 Å². The molecule has 0 fully saturated rings. The summed E-state index contributed by atoms with van der Waals surface area (Å²) in [6, 6.07) is 10.9. The number of aromatic hydroxyl groups is 2. The van der Waals surface area contributed by atoms with Crippen LogP contribution in [0.2, 0.25) is 0 Å². The Bertz CT molecular complexity index is 1190. The second-order valence-electron chi connectivity index (χ2n) is 6.92. The van der Waals surface area contributed by atoms with Crippen LogP contribution in [0.25, 0.3) is 0 Å². The standard InChI is InChI=1S/C22H14F3NO4/c23-15-8-13(9-16(24)19(15)25)7-11-2-1-3-12(6-11)10-26-21(29)14-4-5-17(27)20(28)18(14)22(26)30/h1-6,8-9,27-28H,7,10H2.